The minimum atomic E-state index is 0. The molecule has 1 aliphatic carbocycles. The molecule has 0 fully saturated rings. The van der Waals surface area contributed by atoms with E-state index in [0.717, 1.165) is 6.42 Å². The normalized spacial score (nSPS) is 11.4. The summed E-state index contributed by atoms with van der Waals surface area (Å²) in [5, 5.41) is 0. The fraction of sp³-hybridized carbons (Fsp3) is 0.0769. The van der Waals surface area contributed by atoms with Gasteiger partial charge < -0.3 is 0 Å². The zero-order valence-electron chi connectivity index (χ0n) is 8.25. The predicted octanol–water partition coefficient (Wildman–Crippen LogP) is 0.0620. The molecule has 1 heteroatoms. The van der Waals surface area contributed by atoms with Crippen molar-refractivity contribution in [3.8, 4) is 11.1 Å². The van der Waals surface area contributed by atoms with Crippen molar-refractivity contribution in [2.24, 2.45) is 0 Å². The molecule has 0 aliphatic heterocycles. The van der Waals surface area contributed by atoms with Crippen LogP contribution in [0, 0.1) is 6.07 Å². The van der Waals surface area contributed by atoms with Crippen LogP contribution in [-0.4, -0.2) is 0 Å². The number of rotatable bonds is 0. The Bertz CT molecular complexity index is 417. The summed E-state index contributed by atoms with van der Waals surface area (Å²) in [4.78, 5) is 0. The first-order valence-corrected chi connectivity index (χ1v) is 4.52. The summed E-state index contributed by atoms with van der Waals surface area (Å²) in [5.74, 6) is 0. The van der Waals surface area contributed by atoms with E-state index in [-0.39, 0.29) is 18.9 Å². The van der Waals surface area contributed by atoms with E-state index in [1.807, 2.05) is 6.07 Å². The molecule has 14 heavy (non-hydrogen) atoms. The molecular formula is C13H9Li. The molecule has 0 bridgehead atoms. The summed E-state index contributed by atoms with van der Waals surface area (Å²) in [6.07, 6.45) is 1.07. The molecule has 3 rings (SSSR count). The summed E-state index contributed by atoms with van der Waals surface area (Å²) in [5.41, 5.74) is 5.63. The van der Waals surface area contributed by atoms with Gasteiger partial charge in [-0.3, -0.25) is 0 Å². The van der Waals surface area contributed by atoms with Crippen LogP contribution in [0.25, 0.3) is 11.1 Å². The maximum Gasteiger partial charge on any atom is 1.00 e. The number of hydrogen-bond donors (Lipinski definition) is 0. The van der Waals surface area contributed by atoms with Crippen LogP contribution >= 0.6 is 0 Å². The van der Waals surface area contributed by atoms with Crippen molar-refractivity contribution in [3.05, 3.63) is 59.7 Å². The van der Waals surface area contributed by atoms with Gasteiger partial charge in [0.25, 0.3) is 0 Å². The summed E-state index contributed by atoms with van der Waals surface area (Å²) in [6.45, 7) is 0. The van der Waals surface area contributed by atoms with Gasteiger partial charge in [0, 0.05) is 0 Å². The predicted molar refractivity (Wildman–Crippen MR) is 53.5 cm³/mol. The van der Waals surface area contributed by atoms with Crippen LogP contribution in [0.1, 0.15) is 11.1 Å². The van der Waals surface area contributed by atoms with Gasteiger partial charge in [-0.15, -0.1) is 11.1 Å². The Morgan fingerprint density at radius 1 is 0.929 bits per heavy atom. The van der Waals surface area contributed by atoms with Gasteiger partial charge in [0.15, 0.2) is 0 Å². The van der Waals surface area contributed by atoms with Crippen molar-refractivity contribution in [1.82, 2.24) is 0 Å². The van der Waals surface area contributed by atoms with Gasteiger partial charge in [-0.25, -0.2) is 0 Å². The molecule has 0 N–H and O–H groups in total. The zero-order valence-corrected chi connectivity index (χ0v) is 8.25. The van der Waals surface area contributed by atoms with Crippen LogP contribution in [0.5, 0.6) is 0 Å². The number of fused-ring (bicyclic) bond motifs is 3. The maximum atomic E-state index is 3.13. The molecule has 0 atom stereocenters. The Balaban J connectivity index is 0.000000750. The largest absolute Gasteiger partial charge is 1.00 e. The minimum absolute atomic E-state index is 0. The molecule has 0 spiro atoms. The minimum Gasteiger partial charge on any atom is -0.183 e. The molecule has 0 unspecified atom stereocenters. The van der Waals surface area contributed by atoms with Crippen molar-refractivity contribution >= 4 is 0 Å². The van der Waals surface area contributed by atoms with Crippen molar-refractivity contribution in [3.63, 3.8) is 0 Å². The van der Waals surface area contributed by atoms with Crippen molar-refractivity contribution in [1.29, 1.82) is 0 Å². The molecular weight excluding hydrogens is 163 g/mol. The van der Waals surface area contributed by atoms with E-state index >= 15 is 0 Å². The topological polar surface area (TPSA) is 0 Å². The first-order chi connectivity index (χ1) is 6.45. The van der Waals surface area contributed by atoms with Crippen LogP contribution in [-0.2, 0) is 6.42 Å². The Morgan fingerprint density at radius 3 is 2.64 bits per heavy atom. The molecule has 0 nitrogen and oxygen atoms in total. The smallest absolute Gasteiger partial charge is 0.183 e. The van der Waals surface area contributed by atoms with E-state index < -0.39 is 0 Å². The third-order valence-corrected chi connectivity index (χ3v) is 2.64. The van der Waals surface area contributed by atoms with Crippen LogP contribution in [0.15, 0.2) is 42.5 Å². The first kappa shape index (κ1) is 9.59. The molecule has 1 aliphatic rings. The number of benzene rings is 2. The van der Waals surface area contributed by atoms with E-state index in [4.69, 9.17) is 0 Å². The second-order valence-corrected chi connectivity index (χ2v) is 3.42. The van der Waals surface area contributed by atoms with Gasteiger partial charge in [-0.05, 0) is 17.5 Å². The van der Waals surface area contributed by atoms with Crippen LogP contribution in [0.3, 0.4) is 0 Å². The van der Waals surface area contributed by atoms with Crippen molar-refractivity contribution in [2.45, 2.75) is 6.42 Å². The summed E-state index contributed by atoms with van der Waals surface area (Å²) in [6, 6.07) is 18.0. The first-order valence-electron chi connectivity index (χ1n) is 4.52. The average Bonchev–Trinajstić information content (AvgIpc) is 2.56. The molecule has 0 aromatic heterocycles. The molecule has 0 amide bonds. The van der Waals surface area contributed by atoms with Crippen LogP contribution in [0.4, 0.5) is 0 Å². The van der Waals surface area contributed by atoms with Gasteiger partial charge in [0.1, 0.15) is 0 Å². The Labute approximate surface area is 96.1 Å². The number of hydrogen-bond acceptors (Lipinski definition) is 0. The second-order valence-electron chi connectivity index (χ2n) is 3.42. The van der Waals surface area contributed by atoms with Crippen LogP contribution < -0.4 is 18.9 Å². The average molecular weight is 172 g/mol. The monoisotopic (exact) mass is 172 g/mol. The van der Waals surface area contributed by atoms with Gasteiger partial charge in [0.05, 0.1) is 0 Å². The summed E-state index contributed by atoms with van der Waals surface area (Å²) in [7, 11) is 0. The molecule has 0 heterocycles. The third kappa shape index (κ3) is 1.32. The molecule has 0 radical (unpaired) electrons. The van der Waals surface area contributed by atoms with Gasteiger partial charge in [-0.2, -0.15) is 24.3 Å². The fourth-order valence-corrected chi connectivity index (χ4v) is 2.02. The Kier molecular flexibility index (Phi) is 2.50. The van der Waals surface area contributed by atoms with E-state index in [9.17, 15) is 0 Å². The third-order valence-electron chi connectivity index (χ3n) is 2.64. The van der Waals surface area contributed by atoms with Crippen LogP contribution in [0.2, 0.25) is 0 Å². The van der Waals surface area contributed by atoms with E-state index in [1.54, 1.807) is 0 Å². The molecule has 62 valence electrons. The molecule has 0 saturated heterocycles. The van der Waals surface area contributed by atoms with Gasteiger partial charge >= 0.3 is 18.9 Å². The van der Waals surface area contributed by atoms with E-state index in [0.29, 0.717) is 0 Å². The molecule has 0 saturated carbocycles. The SMILES string of the molecule is [Li+].[c-]1ccc2c(c1)Cc1ccccc1-2. The summed E-state index contributed by atoms with van der Waals surface area (Å²) < 4.78 is 0. The maximum absolute atomic E-state index is 3.13. The fourth-order valence-electron chi connectivity index (χ4n) is 2.02. The quantitative estimate of drug-likeness (QED) is 0.332. The van der Waals surface area contributed by atoms with Gasteiger partial charge in [0.2, 0.25) is 0 Å². The molecule has 2 aromatic rings. The van der Waals surface area contributed by atoms with Crippen molar-refractivity contribution in [2.75, 3.05) is 0 Å². The Hall–Kier alpha value is -0.963. The molecule has 2 aromatic carbocycles. The van der Waals surface area contributed by atoms with E-state index in [1.165, 1.54) is 22.3 Å². The second kappa shape index (κ2) is 3.65. The van der Waals surface area contributed by atoms with Gasteiger partial charge in [-0.1, -0.05) is 24.3 Å². The van der Waals surface area contributed by atoms with E-state index in [2.05, 4.69) is 42.5 Å². The Morgan fingerprint density at radius 2 is 1.71 bits per heavy atom. The summed E-state index contributed by atoms with van der Waals surface area (Å²) >= 11 is 0. The standard InChI is InChI=1S/C13H9.Li/c1-3-7-12-10(5-1)9-11-6-2-4-8-13(11)12;/h1,3-8H,9H2;/q-1;+1. The zero-order chi connectivity index (χ0) is 8.67. The van der Waals surface area contributed by atoms with Crippen molar-refractivity contribution < 1.29 is 18.9 Å².